The summed E-state index contributed by atoms with van der Waals surface area (Å²) in [4.78, 5) is 1.27. The predicted molar refractivity (Wildman–Crippen MR) is 93.3 cm³/mol. The second-order valence-electron chi connectivity index (χ2n) is 5.27. The molecule has 0 rings (SSSR count). The van der Waals surface area contributed by atoms with Crippen LogP contribution in [0.1, 0.15) is 26.7 Å². The number of hydrogen-bond acceptors (Lipinski definition) is 9. The predicted octanol–water partition coefficient (Wildman–Crippen LogP) is -5.09. The van der Waals surface area contributed by atoms with E-state index in [1.165, 1.54) is 4.90 Å². The second-order valence-corrected chi connectivity index (χ2v) is 6.02. The molecule has 8 nitrogen and oxygen atoms in total. The van der Waals surface area contributed by atoms with Gasteiger partial charge in [0.05, 0.1) is 25.8 Å². The minimum atomic E-state index is -1.77. The van der Waals surface area contributed by atoms with Gasteiger partial charge in [0, 0.05) is 0 Å². The molecular formula is C14H26NNaO7S2. The summed E-state index contributed by atoms with van der Waals surface area (Å²) in [5.41, 5.74) is 0. The number of aliphatic hydroxyl groups excluding tert-OH is 5. The molecule has 0 amide bonds. The van der Waals surface area contributed by atoms with Crippen molar-refractivity contribution in [2.24, 2.45) is 0 Å². The van der Waals surface area contributed by atoms with Crippen molar-refractivity contribution in [3.63, 3.8) is 0 Å². The summed E-state index contributed by atoms with van der Waals surface area (Å²) in [6.07, 6.45) is -5.71. The number of nitrogens with zero attached hydrogens (tertiary/aromatic N) is 1. The molecule has 0 saturated carbocycles. The molecule has 25 heavy (non-hydrogen) atoms. The summed E-state index contributed by atoms with van der Waals surface area (Å²) >= 11 is 9.80. The molecule has 0 aliphatic rings. The zero-order valence-electron chi connectivity index (χ0n) is 14.7. The van der Waals surface area contributed by atoms with E-state index in [0.29, 0.717) is 12.8 Å². The maximum absolute atomic E-state index is 11.7. The topological polar surface area (TPSA) is 137 Å². The number of ether oxygens (including phenoxy) is 1. The van der Waals surface area contributed by atoms with Crippen molar-refractivity contribution in [1.82, 2.24) is 4.90 Å². The Morgan fingerprint density at radius 2 is 1.60 bits per heavy atom. The van der Waals surface area contributed by atoms with Crippen LogP contribution in [0.2, 0.25) is 0 Å². The Kier molecular flexibility index (Phi) is 15.9. The van der Waals surface area contributed by atoms with Crippen LogP contribution in [0.5, 0.6) is 0 Å². The van der Waals surface area contributed by atoms with E-state index in [2.05, 4.69) is 0 Å². The zero-order chi connectivity index (χ0) is 18.9. The first-order valence-electron chi connectivity index (χ1n) is 7.68. The fourth-order valence-electron chi connectivity index (χ4n) is 2.08. The van der Waals surface area contributed by atoms with Crippen LogP contribution in [0.15, 0.2) is 0 Å². The first-order chi connectivity index (χ1) is 11.2. The molecule has 0 bridgehead atoms. The molecule has 0 fully saturated rings. The van der Waals surface area contributed by atoms with Gasteiger partial charge in [-0.15, -0.1) is 12.2 Å². The Bertz CT molecular complexity index is 405. The quantitative estimate of drug-likeness (QED) is 0.167. The monoisotopic (exact) mass is 407 g/mol. The van der Waals surface area contributed by atoms with Crippen molar-refractivity contribution in [3.8, 4) is 0 Å². The standard InChI is InChI=1S/C14H27NO7S2.Na/c1-3-5-8(13(21)23)15(14(24)22-4-2)6-9(17)11(19)12(20)10(18)7-16;/h8-12,16-20H,3-7H2,1-2H3,(H,21,23);/q;+1/p-1. The van der Waals surface area contributed by atoms with Crippen LogP contribution in [-0.4, -0.2) is 90.9 Å². The van der Waals surface area contributed by atoms with Gasteiger partial charge in [0.25, 0.3) is 5.17 Å². The van der Waals surface area contributed by atoms with Gasteiger partial charge in [0.1, 0.15) is 24.4 Å². The minimum absolute atomic E-state index is 0. The van der Waals surface area contributed by atoms with Crippen LogP contribution < -0.4 is 34.7 Å². The van der Waals surface area contributed by atoms with Gasteiger partial charge in [0.2, 0.25) is 0 Å². The molecule has 0 aliphatic carbocycles. The van der Waals surface area contributed by atoms with Crippen LogP contribution in [0.4, 0.5) is 0 Å². The van der Waals surface area contributed by atoms with Crippen molar-refractivity contribution in [1.29, 1.82) is 0 Å². The van der Waals surface area contributed by atoms with Crippen LogP contribution in [0.3, 0.4) is 0 Å². The summed E-state index contributed by atoms with van der Waals surface area (Å²) in [7, 11) is 0. The van der Waals surface area contributed by atoms with E-state index in [1.807, 2.05) is 6.92 Å². The van der Waals surface area contributed by atoms with Crippen molar-refractivity contribution in [2.75, 3.05) is 19.8 Å². The van der Waals surface area contributed by atoms with E-state index in [4.69, 9.17) is 34.3 Å². The van der Waals surface area contributed by atoms with Gasteiger partial charge >= 0.3 is 29.6 Å². The Hall–Kier alpha value is 0.380. The number of hydrogen-bond donors (Lipinski definition) is 5. The molecular weight excluding hydrogens is 381 g/mol. The third-order valence-corrected chi connectivity index (χ3v) is 4.05. The number of aliphatic hydroxyl groups is 5. The van der Waals surface area contributed by atoms with Crippen molar-refractivity contribution < 1.29 is 64.9 Å². The minimum Gasteiger partial charge on any atom is -0.866 e. The maximum Gasteiger partial charge on any atom is 1.00 e. The van der Waals surface area contributed by atoms with Crippen LogP contribution in [0.25, 0.3) is 0 Å². The molecule has 0 aromatic carbocycles. The molecule has 5 atom stereocenters. The van der Waals surface area contributed by atoms with Gasteiger partial charge in [0.15, 0.2) is 0 Å². The Morgan fingerprint density at radius 1 is 1.08 bits per heavy atom. The molecule has 11 heteroatoms. The Labute approximate surface area is 180 Å². The van der Waals surface area contributed by atoms with Crippen molar-refractivity contribution in [2.45, 2.75) is 57.1 Å². The zero-order valence-corrected chi connectivity index (χ0v) is 18.4. The molecule has 5 N–H and O–H groups in total. The third kappa shape index (κ3) is 9.23. The maximum atomic E-state index is 11.7. The smallest absolute Gasteiger partial charge is 0.866 e. The molecule has 0 heterocycles. The van der Waals surface area contributed by atoms with E-state index in [1.54, 1.807) is 6.92 Å². The van der Waals surface area contributed by atoms with Crippen LogP contribution in [-0.2, 0) is 4.74 Å². The summed E-state index contributed by atoms with van der Waals surface area (Å²) in [6.45, 7) is 2.67. The van der Waals surface area contributed by atoms with E-state index >= 15 is 0 Å². The molecule has 142 valence electrons. The summed E-state index contributed by atoms with van der Waals surface area (Å²) in [5.74, 6) is 0. The van der Waals surface area contributed by atoms with E-state index in [-0.39, 0.29) is 47.9 Å². The summed E-state index contributed by atoms with van der Waals surface area (Å²) < 4.78 is 5.21. The number of rotatable bonds is 11. The molecule has 0 aliphatic heterocycles. The van der Waals surface area contributed by atoms with E-state index in [0.717, 1.165) is 0 Å². The molecule has 0 aromatic rings. The molecule has 0 aromatic heterocycles. The average molecular weight is 407 g/mol. The van der Waals surface area contributed by atoms with Gasteiger partial charge in [-0.25, -0.2) is 0 Å². The average Bonchev–Trinajstić information content (AvgIpc) is 2.55. The SMILES string of the molecule is CCCC(C([O-])=S)N(CC(O)C(O)C(O)C(O)CO)C(=S)OCC.[Na+]. The second kappa shape index (κ2) is 14.4. The Balaban J connectivity index is 0. The fourth-order valence-corrected chi connectivity index (χ4v) is 2.65. The van der Waals surface area contributed by atoms with Crippen LogP contribution in [0, 0.1) is 0 Å². The van der Waals surface area contributed by atoms with Gasteiger partial charge < -0.3 is 40.3 Å². The normalized spacial score (nSPS) is 16.8. The third-order valence-electron chi connectivity index (χ3n) is 3.42. The summed E-state index contributed by atoms with van der Waals surface area (Å²) in [6, 6.07) is -0.814. The summed E-state index contributed by atoms with van der Waals surface area (Å²) in [5, 5.41) is 58.9. The fraction of sp³-hybridized carbons (Fsp3) is 0.857. The molecule has 0 radical (unpaired) electrons. The molecule has 5 unspecified atom stereocenters. The van der Waals surface area contributed by atoms with Gasteiger partial charge in [-0.3, -0.25) is 0 Å². The largest absolute Gasteiger partial charge is 1.00 e. The molecule has 0 saturated heterocycles. The van der Waals surface area contributed by atoms with Crippen LogP contribution >= 0.6 is 24.4 Å². The Morgan fingerprint density at radius 3 is 2.00 bits per heavy atom. The van der Waals surface area contributed by atoms with E-state index in [9.17, 15) is 25.5 Å². The number of thiocarbonyl (C=S) groups is 2. The first-order valence-corrected chi connectivity index (χ1v) is 8.50. The van der Waals surface area contributed by atoms with Gasteiger partial charge in [-0.05, 0) is 30.6 Å². The van der Waals surface area contributed by atoms with Gasteiger partial charge in [-0.1, -0.05) is 13.3 Å². The molecule has 0 spiro atoms. The van der Waals surface area contributed by atoms with Crippen molar-refractivity contribution >= 4 is 34.7 Å². The van der Waals surface area contributed by atoms with Gasteiger partial charge in [-0.2, -0.15) is 0 Å². The first kappa shape index (κ1) is 27.6. The van der Waals surface area contributed by atoms with Crippen molar-refractivity contribution in [3.05, 3.63) is 0 Å². The van der Waals surface area contributed by atoms with E-state index < -0.39 is 42.1 Å².